The first-order valence-corrected chi connectivity index (χ1v) is 12.0. The fraction of sp³-hybridized carbons (Fsp3) is 0.259. The van der Waals surface area contributed by atoms with Crippen LogP contribution in [0.4, 0.5) is 8.78 Å². The lowest BCUT2D eigenvalue weighted by Crippen LogP contribution is -2.36. The van der Waals surface area contributed by atoms with E-state index in [-0.39, 0.29) is 23.0 Å². The van der Waals surface area contributed by atoms with Crippen molar-refractivity contribution in [3.8, 4) is 5.75 Å². The van der Waals surface area contributed by atoms with Crippen LogP contribution < -0.4 is 4.74 Å². The van der Waals surface area contributed by atoms with Crippen LogP contribution >= 0.6 is 23.2 Å². The van der Waals surface area contributed by atoms with Gasteiger partial charge in [0.05, 0.1) is 11.4 Å². The van der Waals surface area contributed by atoms with Crippen LogP contribution in [0.15, 0.2) is 54.6 Å². The van der Waals surface area contributed by atoms with Crippen molar-refractivity contribution in [2.24, 2.45) is 0 Å². The van der Waals surface area contributed by atoms with Crippen LogP contribution in [0.1, 0.15) is 29.2 Å². The summed E-state index contributed by atoms with van der Waals surface area (Å²) in [5.74, 6) is -1.90. The molecule has 1 atom stereocenters. The van der Waals surface area contributed by atoms with Crippen molar-refractivity contribution < 1.29 is 28.2 Å². The second-order valence-corrected chi connectivity index (χ2v) is 9.97. The molecule has 0 aromatic heterocycles. The Kier molecular flexibility index (Phi) is 7.52. The first kappa shape index (κ1) is 25.9. The molecule has 0 saturated carbocycles. The van der Waals surface area contributed by atoms with Gasteiger partial charge >= 0.3 is 5.97 Å². The zero-order valence-corrected chi connectivity index (χ0v) is 20.9. The molecule has 36 heavy (non-hydrogen) atoms. The minimum absolute atomic E-state index is 0.0293. The van der Waals surface area contributed by atoms with Gasteiger partial charge in [-0.05, 0) is 59.5 Å². The maximum absolute atomic E-state index is 13.9. The number of hydrogen-bond acceptors (Lipinski definition) is 3. The number of carboxylic acid groups (broad SMARTS) is 1. The van der Waals surface area contributed by atoms with Crippen LogP contribution in [0.2, 0.25) is 10.0 Å². The molecular formula is C27H23Cl2F2NO4. The van der Waals surface area contributed by atoms with Gasteiger partial charge < -0.3 is 14.7 Å². The van der Waals surface area contributed by atoms with Gasteiger partial charge in [0.15, 0.2) is 0 Å². The molecule has 5 nitrogen and oxygen atoms in total. The van der Waals surface area contributed by atoms with E-state index in [1.165, 1.54) is 29.2 Å². The fourth-order valence-corrected chi connectivity index (χ4v) is 4.75. The first-order chi connectivity index (χ1) is 17.0. The Morgan fingerprint density at radius 2 is 1.78 bits per heavy atom. The minimum atomic E-state index is -1.17. The summed E-state index contributed by atoms with van der Waals surface area (Å²) in [7, 11) is 0. The average molecular weight is 534 g/mol. The van der Waals surface area contributed by atoms with Crippen molar-refractivity contribution in [3.05, 3.63) is 98.5 Å². The Morgan fingerprint density at radius 3 is 2.47 bits per heavy atom. The molecule has 3 aromatic rings. The van der Waals surface area contributed by atoms with Crippen LogP contribution in [0.3, 0.4) is 0 Å². The SMILES string of the molecule is CC1(Cc2ccc(Cl)c(F)c2)Cc2cc(CC(=O)N(CC(=O)O)Cc3ccc(F)cc3Cl)ccc2O1. The van der Waals surface area contributed by atoms with Crippen molar-refractivity contribution in [1.29, 1.82) is 0 Å². The molecule has 0 fully saturated rings. The number of hydrogen-bond donors (Lipinski definition) is 1. The van der Waals surface area contributed by atoms with Crippen molar-refractivity contribution in [2.75, 3.05) is 6.54 Å². The number of halogens is 4. The summed E-state index contributed by atoms with van der Waals surface area (Å²) in [6.07, 6.45) is 0.992. The summed E-state index contributed by atoms with van der Waals surface area (Å²) in [5, 5.41) is 9.47. The normalized spacial score (nSPS) is 16.4. The lowest BCUT2D eigenvalue weighted by molar-refractivity contribution is -0.144. The molecule has 1 aliphatic heterocycles. The molecule has 0 radical (unpaired) electrons. The number of carboxylic acids is 1. The summed E-state index contributed by atoms with van der Waals surface area (Å²) >= 11 is 11.9. The highest BCUT2D eigenvalue weighted by Gasteiger charge is 2.35. The maximum atomic E-state index is 13.9. The third-order valence-corrected chi connectivity index (χ3v) is 6.68. The van der Waals surface area contributed by atoms with Gasteiger partial charge in [0.2, 0.25) is 5.91 Å². The van der Waals surface area contributed by atoms with Crippen molar-refractivity contribution in [1.82, 2.24) is 4.90 Å². The molecule has 3 aromatic carbocycles. The molecule has 0 saturated heterocycles. The summed E-state index contributed by atoms with van der Waals surface area (Å²) in [6, 6.07) is 13.8. The number of carbonyl (C=O) groups excluding carboxylic acids is 1. The second-order valence-electron chi connectivity index (χ2n) is 9.15. The third-order valence-electron chi connectivity index (χ3n) is 6.02. The van der Waals surface area contributed by atoms with Gasteiger partial charge in [-0.15, -0.1) is 0 Å². The van der Waals surface area contributed by atoms with Crippen molar-refractivity contribution in [2.45, 2.75) is 38.3 Å². The highest BCUT2D eigenvalue weighted by molar-refractivity contribution is 6.31. The third kappa shape index (κ3) is 6.15. The minimum Gasteiger partial charge on any atom is -0.487 e. The molecule has 1 aliphatic rings. The van der Waals surface area contributed by atoms with Gasteiger partial charge in [-0.2, -0.15) is 0 Å². The lowest BCUT2D eigenvalue weighted by Gasteiger charge is -2.24. The van der Waals surface area contributed by atoms with E-state index < -0.39 is 35.7 Å². The number of carbonyl (C=O) groups is 2. The van der Waals surface area contributed by atoms with Crippen LogP contribution in [0.25, 0.3) is 0 Å². The number of ether oxygens (including phenoxy) is 1. The highest BCUT2D eigenvalue weighted by Crippen LogP contribution is 2.38. The Hall–Kier alpha value is -3.16. The van der Waals surface area contributed by atoms with Gasteiger partial charge in [0.1, 0.15) is 29.5 Å². The van der Waals surface area contributed by atoms with Crippen LogP contribution in [-0.2, 0) is 35.4 Å². The van der Waals surface area contributed by atoms with Gasteiger partial charge in [0, 0.05) is 24.4 Å². The summed E-state index contributed by atoms with van der Waals surface area (Å²) in [6.45, 7) is 1.36. The zero-order chi connectivity index (χ0) is 26.0. The molecule has 0 spiro atoms. The van der Waals surface area contributed by atoms with E-state index in [2.05, 4.69) is 0 Å². The molecule has 4 rings (SSSR count). The Balaban J connectivity index is 1.47. The molecule has 0 aliphatic carbocycles. The second kappa shape index (κ2) is 10.4. The van der Waals surface area contributed by atoms with Crippen molar-refractivity contribution >= 4 is 35.1 Å². The molecule has 1 amide bonds. The van der Waals surface area contributed by atoms with Crippen molar-refractivity contribution in [3.63, 3.8) is 0 Å². The van der Waals surface area contributed by atoms with Gasteiger partial charge in [-0.25, -0.2) is 8.78 Å². The van der Waals surface area contributed by atoms with E-state index in [0.717, 1.165) is 17.2 Å². The van der Waals surface area contributed by atoms with E-state index in [9.17, 15) is 23.5 Å². The Morgan fingerprint density at radius 1 is 1.03 bits per heavy atom. The number of nitrogens with zero attached hydrogens (tertiary/aromatic N) is 1. The van der Waals surface area contributed by atoms with E-state index in [1.54, 1.807) is 18.2 Å². The lowest BCUT2D eigenvalue weighted by atomic mass is 9.91. The average Bonchev–Trinajstić information content (AvgIpc) is 3.12. The summed E-state index contributed by atoms with van der Waals surface area (Å²) in [4.78, 5) is 25.6. The quantitative estimate of drug-likeness (QED) is 0.393. The number of aliphatic carboxylic acids is 1. The monoisotopic (exact) mass is 533 g/mol. The highest BCUT2D eigenvalue weighted by atomic mass is 35.5. The van der Waals surface area contributed by atoms with E-state index >= 15 is 0 Å². The Labute approximate surface area is 217 Å². The molecule has 188 valence electrons. The van der Waals surface area contributed by atoms with Gasteiger partial charge in [0.25, 0.3) is 0 Å². The van der Waals surface area contributed by atoms with E-state index in [1.807, 2.05) is 13.0 Å². The largest absolute Gasteiger partial charge is 0.487 e. The topological polar surface area (TPSA) is 66.8 Å². The zero-order valence-electron chi connectivity index (χ0n) is 19.4. The van der Waals surface area contributed by atoms with E-state index in [0.29, 0.717) is 29.7 Å². The van der Waals surface area contributed by atoms with Crippen LogP contribution in [0.5, 0.6) is 5.75 Å². The molecule has 1 unspecified atom stereocenters. The van der Waals surface area contributed by atoms with Gasteiger partial charge in [-0.1, -0.05) is 47.5 Å². The maximum Gasteiger partial charge on any atom is 0.323 e. The standard InChI is InChI=1S/C27H23Cl2F2NO4/c1-27(12-17-2-6-21(28)23(31)9-17)13-19-8-16(3-7-24(19)36-27)10-25(33)32(15-26(34)35)14-18-4-5-20(30)11-22(18)29/h2-9,11H,10,12-15H2,1H3,(H,34,35). The number of fused-ring (bicyclic) bond motifs is 1. The van der Waals surface area contributed by atoms with Crippen LogP contribution in [-0.4, -0.2) is 34.0 Å². The smallest absolute Gasteiger partial charge is 0.323 e. The Bertz CT molecular complexity index is 1330. The number of amides is 1. The van der Waals surface area contributed by atoms with E-state index in [4.69, 9.17) is 27.9 Å². The number of benzene rings is 3. The molecule has 9 heteroatoms. The molecule has 0 bridgehead atoms. The predicted molar refractivity (Wildman–Crippen MR) is 132 cm³/mol. The van der Waals surface area contributed by atoms with Crippen LogP contribution in [0, 0.1) is 11.6 Å². The predicted octanol–water partition coefficient (Wildman–Crippen LogP) is 5.86. The summed E-state index contributed by atoms with van der Waals surface area (Å²) < 4.78 is 33.4. The van der Waals surface area contributed by atoms with Gasteiger partial charge in [-0.3, -0.25) is 9.59 Å². The molecule has 1 N–H and O–H groups in total. The number of rotatable bonds is 8. The summed E-state index contributed by atoms with van der Waals surface area (Å²) in [5.41, 5.74) is 2.21. The first-order valence-electron chi connectivity index (χ1n) is 11.2. The fourth-order valence-electron chi connectivity index (χ4n) is 4.40. The molecule has 1 heterocycles. The molecular weight excluding hydrogens is 511 g/mol.